The highest BCUT2D eigenvalue weighted by Gasteiger charge is 2.44. The predicted octanol–water partition coefficient (Wildman–Crippen LogP) is -1.96. The van der Waals surface area contributed by atoms with E-state index in [-0.39, 0.29) is 17.0 Å². The molecule has 1 aliphatic rings. The van der Waals surface area contributed by atoms with E-state index in [1.54, 1.807) is 0 Å². The number of imidazole rings is 1. The van der Waals surface area contributed by atoms with Gasteiger partial charge in [-0.15, -0.1) is 10.7 Å². The Morgan fingerprint density at radius 3 is 2.74 bits per heavy atom. The van der Waals surface area contributed by atoms with Crippen molar-refractivity contribution in [2.24, 2.45) is 0 Å². The Morgan fingerprint density at radius 1 is 1.26 bits per heavy atom. The molecular weight excluding hydrogens is 258 g/mol. The fourth-order valence-electron chi connectivity index (χ4n) is 2.01. The van der Waals surface area contributed by atoms with Gasteiger partial charge in [0, 0.05) is 0 Å². The molecule has 0 spiro atoms. The summed E-state index contributed by atoms with van der Waals surface area (Å²) in [6.07, 6.45) is -2.60. The number of hydroxylamine groups is 1. The molecule has 4 atom stereocenters. The van der Waals surface area contributed by atoms with Crippen LogP contribution < -0.4 is 5.48 Å². The number of ether oxygens (including phenoxy) is 1. The van der Waals surface area contributed by atoms with Gasteiger partial charge in [0.2, 0.25) is 5.88 Å². The summed E-state index contributed by atoms with van der Waals surface area (Å²) in [5, 5.41) is 39.5. The highest BCUT2D eigenvalue weighted by atomic mass is 16.6. The topological polar surface area (TPSA) is 145 Å². The van der Waals surface area contributed by atoms with Crippen LogP contribution in [0.5, 0.6) is 5.88 Å². The lowest BCUT2D eigenvalue weighted by Crippen LogP contribution is -2.38. The molecule has 2 aromatic heterocycles. The second-order valence-corrected chi connectivity index (χ2v) is 4.07. The van der Waals surface area contributed by atoms with Gasteiger partial charge in [-0.3, -0.25) is 4.57 Å². The maximum atomic E-state index is 10.6. The fraction of sp³-hybridized carbons (Fsp3) is 0.444. The molecule has 0 aliphatic carbocycles. The van der Waals surface area contributed by atoms with E-state index in [2.05, 4.69) is 15.0 Å². The minimum atomic E-state index is -1.38. The minimum absolute atomic E-state index is 0.131. The van der Waals surface area contributed by atoms with E-state index in [1.165, 1.54) is 16.4 Å². The van der Waals surface area contributed by atoms with Crippen molar-refractivity contribution in [1.82, 2.24) is 25.0 Å². The van der Waals surface area contributed by atoms with Crippen LogP contribution in [0.2, 0.25) is 0 Å². The summed E-state index contributed by atoms with van der Waals surface area (Å²) in [5.74, 6) is -0.310. The number of nitrogens with one attached hydrogen (secondary N) is 1. The number of hydrogen-bond donors (Lipinski definition) is 4. The van der Waals surface area contributed by atoms with Crippen LogP contribution >= 0.6 is 0 Å². The predicted molar refractivity (Wildman–Crippen MR) is 56.7 cm³/mol. The molecule has 3 rings (SSSR count). The molecule has 0 aromatic carbocycles. The van der Waals surface area contributed by atoms with Crippen molar-refractivity contribution < 1.29 is 25.3 Å². The molecule has 10 nitrogen and oxygen atoms in total. The highest BCUT2D eigenvalue weighted by Crippen LogP contribution is 2.31. The van der Waals surface area contributed by atoms with E-state index in [4.69, 9.17) is 4.74 Å². The summed E-state index contributed by atoms with van der Waals surface area (Å²) in [5.41, 5.74) is 1.85. The zero-order chi connectivity index (χ0) is 13.6. The Kier molecular flexibility index (Phi) is 2.80. The third-order valence-corrected chi connectivity index (χ3v) is 2.97. The van der Waals surface area contributed by atoms with Gasteiger partial charge >= 0.3 is 0 Å². The third-order valence-electron chi connectivity index (χ3n) is 2.97. The normalized spacial score (nSPS) is 31.1. The SMILES string of the molecule is [O]N[C@H]1O[C@@H](n2cnc3c(O)ncnc32)[C@H](O)[C@@H]1O. The fourth-order valence-corrected chi connectivity index (χ4v) is 2.01. The highest BCUT2D eigenvalue weighted by molar-refractivity contribution is 5.75. The van der Waals surface area contributed by atoms with E-state index in [0.29, 0.717) is 0 Å². The molecule has 1 saturated heterocycles. The lowest BCUT2D eigenvalue weighted by molar-refractivity contribution is -0.119. The van der Waals surface area contributed by atoms with Crippen molar-refractivity contribution in [3.8, 4) is 5.88 Å². The molecule has 0 bridgehead atoms. The van der Waals surface area contributed by atoms with Gasteiger partial charge < -0.3 is 20.1 Å². The first kappa shape index (κ1) is 12.2. The van der Waals surface area contributed by atoms with Crippen molar-refractivity contribution in [3.05, 3.63) is 12.7 Å². The lowest BCUT2D eigenvalue weighted by atomic mass is 10.2. The number of aliphatic hydroxyl groups excluding tert-OH is 2. The van der Waals surface area contributed by atoms with E-state index in [9.17, 15) is 20.5 Å². The van der Waals surface area contributed by atoms with Gasteiger partial charge in [0.25, 0.3) is 0 Å². The van der Waals surface area contributed by atoms with Crippen LogP contribution in [0.3, 0.4) is 0 Å². The van der Waals surface area contributed by atoms with E-state index >= 15 is 0 Å². The number of rotatable bonds is 2. The number of nitrogens with zero attached hydrogens (tertiary/aromatic N) is 4. The first-order valence-electron chi connectivity index (χ1n) is 5.39. The molecule has 0 unspecified atom stereocenters. The van der Waals surface area contributed by atoms with Gasteiger partial charge in [-0.25, -0.2) is 9.97 Å². The Morgan fingerprint density at radius 2 is 2.05 bits per heavy atom. The summed E-state index contributed by atoms with van der Waals surface area (Å²) in [4.78, 5) is 11.4. The summed E-state index contributed by atoms with van der Waals surface area (Å²) in [6, 6.07) is 0. The van der Waals surface area contributed by atoms with Gasteiger partial charge in [-0.1, -0.05) is 0 Å². The van der Waals surface area contributed by atoms with Gasteiger partial charge in [0.1, 0.15) is 18.5 Å². The molecule has 1 radical (unpaired) electrons. The molecule has 0 amide bonds. The summed E-state index contributed by atoms with van der Waals surface area (Å²) >= 11 is 0. The number of aromatic nitrogens is 4. The minimum Gasteiger partial charge on any atom is -0.492 e. The van der Waals surface area contributed by atoms with E-state index in [1.807, 2.05) is 0 Å². The smallest absolute Gasteiger partial charge is 0.242 e. The summed E-state index contributed by atoms with van der Waals surface area (Å²) in [7, 11) is 0. The maximum Gasteiger partial charge on any atom is 0.242 e. The zero-order valence-electron chi connectivity index (χ0n) is 9.41. The average Bonchev–Trinajstić information content (AvgIpc) is 2.94. The number of fused-ring (bicyclic) bond motifs is 1. The molecule has 4 N–H and O–H groups in total. The molecule has 3 heterocycles. The van der Waals surface area contributed by atoms with E-state index < -0.39 is 24.7 Å². The lowest BCUT2D eigenvalue weighted by Gasteiger charge is -2.15. The second-order valence-electron chi connectivity index (χ2n) is 4.07. The number of aliphatic hydroxyl groups is 2. The maximum absolute atomic E-state index is 10.6. The van der Waals surface area contributed by atoms with Crippen LogP contribution in [0.15, 0.2) is 12.7 Å². The van der Waals surface area contributed by atoms with Crippen LogP contribution in [0.1, 0.15) is 6.23 Å². The van der Waals surface area contributed by atoms with Gasteiger partial charge in [-0.05, 0) is 0 Å². The molecule has 19 heavy (non-hydrogen) atoms. The van der Waals surface area contributed by atoms with Crippen LogP contribution in [0, 0.1) is 0 Å². The molecular formula is C9H10N5O5. The molecule has 101 valence electrons. The van der Waals surface area contributed by atoms with Gasteiger partial charge in [0.15, 0.2) is 23.6 Å². The third kappa shape index (κ3) is 1.74. The Bertz CT molecular complexity index is 604. The summed E-state index contributed by atoms with van der Waals surface area (Å²) in [6.45, 7) is 0. The van der Waals surface area contributed by atoms with Crippen molar-refractivity contribution in [2.45, 2.75) is 24.7 Å². The standard InChI is InChI=1S/C9H10N5O5/c15-4-5(16)9(19-8(4)13-18)14-2-12-3-6(14)10-1-11-7(3)17/h1-2,4-5,8-9,13,15-16H,(H,10,11,17)/t4-,5+,8-,9+/m0/s1. The molecule has 1 fully saturated rings. The Labute approximate surface area is 105 Å². The number of hydrogen-bond acceptors (Lipinski definition) is 8. The van der Waals surface area contributed by atoms with Crippen molar-refractivity contribution in [3.63, 3.8) is 0 Å². The molecule has 10 heteroatoms. The average molecular weight is 268 g/mol. The van der Waals surface area contributed by atoms with Crippen molar-refractivity contribution in [1.29, 1.82) is 0 Å². The van der Waals surface area contributed by atoms with Crippen molar-refractivity contribution >= 4 is 11.2 Å². The van der Waals surface area contributed by atoms with Crippen LogP contribution in [-0.4, -0.2) is 53.3 Å². The van der Waals surface area contributed by atoms with Crippen LogP contribution in [-0.2, 0) is 9.94 Å². The first-order valence-corrected chi connectivity index (χ1v) is 5.39. The molecule has 0 saturated carbocycles. The summed E-state index contributed by atoms with van der Waals surface area (Å²) < 4.78 is 6.49. The molecule has 2 aromatic rings. The zero-order valence-corrected chi connectivity index (χ0v) is 9.41. The Hall–Kier alpha value is -1.85. The largest absolute Gasteiger partial charge is 0.492 e. The van der Waals surface area contributed by atoms with E-state index in [0.717, 1.165) is 6.33 Å². The number of aromatic hydroxyl groups is 1. The van der Waals surface area contributed by atoms with Crippen LogP contribution in [0.25, 0.3) is 11.2 Å². The Balaban J connectivity index is 2.04. The monoisotopic (exact) mass is 268 g/mol. The van der Waals surface area contributed by atoms with Crippen molar-refractivity contribution in [2.75, 3.05) is 0 Å². The molecule has 1 aliphatic heterocycles. The quantitative estimate of drug-likeness (QED) is 0.459. The first-order chi connectivity index (χ1) is 9.13. The van der Waals surface area contributed by atoms with Gasteiger partial charge in [0.05, 0.1) is 6.33 Å². The second kappa shape index (κ2) is 4.36. The van der Waals surface area contributed by atoms with Gasteiger partial charge in [-0.2, -0.15) is 4.98 Å². The van der Waals surface area contributed by atoms with Crippen LogP contribution in [0.4, 0.5) is 0 Å².